The van der Waals surface area contributed by atoms with Crippen molar-refractivity contribution in [3.8, 4) is 11.3 Å². The van der Waals surface area contributed by atoms with Crippen molar-refractivity contribution in [2.75, 3.05) is 36.5 Å². The number of hydrogen-bond acceptors (Lipinski definition) is 8. The van der Waals surface area contributed by atoms with Crippen molar-refractivity contribution in [1.82, 2.24) is 29.8 Å². The Morgan fingerprint density at radius 1 is 1.14 bits per heavy atom. The first-order valence-electron chi connectivity index (χ1n) is 11.9. The third kappa shape index (κ3) is 4.59. The van der Waals surface area contributed by atoms with Crippen LogP contribution in [0.1, 0.15) is 25.7 Å². The molecule has 1 aliphatic heterocycles. The number of benzene rings is 1. The number of imidazole rings is 1. The van der Waals surface area contributed by atoms with Crippen LogP contribution in [0.5, 0.6) is 0 Å². The summed E-state index contributed by atoms with van der Waals surface area (Å²) in [4.78, 5) is 19.3. The quantitative estimate of drug-likeness (QED) is 0.374. The number of halogens is 2. The Morgan fingerprint density at radius 2 is 1.97 bits per heavy atom. The summed E-state index contributed by atoms with van der Waals surface area (Å²) < 4.78 is 31.6. The van der Waals surface area contributed by atoms with Gasteiger partial charge in [-0.3, -0.25) is 0 Å². The highest BCUT2D eigenvalue weighted by Gasteiger charge is 2.20. The predicted octanol–water partition coefficient (Wildman–Crippen LogP) is 3.57. The van der Waals surface area contributed by atoms with E-state index in [4.69, 9.17) is 0 Å². The fourth-order valence-electron chi connectivity index (χ4n) is 4.63. The average molecular weight is 495 g/mol. The second-order valence-corrected chi connectivity index (χ2v) is 9.14. The van der Waals surface area contributed by atoms with Gasteiger partial charge in [0.25, 0.3) is 0 Å². The number of nitrogens with one attached hydrogen (secondary N) is 2. The van der Waals surface area contributed by atoms with Crippen molar-refractivity contribution in [3.63, 3.8) is 0 Å². The van der Waals surface area contributed by atoms with E-state index in [2.05, 4.69) is 35.5 Å². The fraction of sp³-hybridized carbons (Fsp3) is 0.360. The van der Waals surface area contributed by atoms with E-state index in [9.17, 15) is 13.9 Å². The van der Waals surface area contributed by atoms with Gasteiger partial charge in [-0.15, -0.1) is 0 Å². The lowest BCUT2D eigenvalue weighted by Gasteiger charge is -2.34. The van der Waals surface area contributed by atoms with Gasteiger partial charge in [0.2, 0.25) is 5.95 Å². The summed E-state index contributed by atoms with van der Waals surface area (Å²) in [6.07, 6.45) is 2.78. The highest BCUT2D eigenvalue weighted by atomic mass is 19.1. The number of pyridine rings is 1. The number of aliphatic hydroxyl groups is 1. The van der Waals surface area contributed by atoms with Gasteiger partial charge in [-0.2, -0.15) is 0 Å². The lowest BCUT2D eigenvalue weighted by atomic mass is 10.1. The number of aryl methyl sites for hydroxylation is 1. The summed E-state index contributed by atoms with van der Waals surface area (Å²) in [5.74, 6) is 0.116. The highest BCUT2D eigenvalue weighted by molar-refractivity contribution is 5.83. The lowest BCUT2D eigenvalue weighted by molar-refractivity contribution is 0.235. The highest BCUT2D eigenvalue weighted by Crippen LogP contribution is 2.30. The van der Waals surface area contributed by atoms with Crippen LogP contribution < -0.4 is 15.5 Å². The molecule has 1 saturated heterocycles. The molecule has 0 radical (unpaired) electrons. The van der Waals surface area contributed by atoms with Crippen LogP contribution in [0.15, 0.2) is 36.7 Å². The molecule has 1 aliphatic rings. The van der Waals surface area contributed by atoms with Crippen molar-refractivity contribution in [1.29, 1.82) is 0 Å². The standard InChI is InChI=1S/C25H28F2N8O/c1-14(2)35-15(3)31-24-19(26)8-16(9-21(24)35)23-20(27)11-30-25(33-23)32-22-5-4-18(10-29-22)34-7-6-28-17(12-34)13-36/h4-5,8-11,14,17,28,36H,6-7,12-13H2,1-3H3,(H,29,30,32,33)/t17-/m0/s1. The van der Waals surface area contributed by atoms with Gasteiger partial charge in [0.05, 0.1) is 30.2 Å². The van der Waals surface area contributed by atoms with Gasteiger partial charge in [-0.1, -0.05) is 0 Å². The largest absolute Gasteiger partial charge is 0.395 e. The SMILES string of the molecule is Cc1nc2c(F)cc(-c3nc(Nc4ccc(N5CCN[C@H](CO)C5)cn4)ncc3F)cc2n1C(C)C. The van der Waals surface area contributed by atoms with Crippen LogP contribution >= 0.6 is 0 Å². The van der Waals surface area contributed by atoms with Crippen molar-refractivity contribution in [3.05, 3.63) is 54.1 Å². The third-order valence-corrected chi connectivity index (χ3v) is 6.29. The summed E-state index contributed by atoms with van der Waals surface area (Å²) >= 11 is 0. The van der Waals surface area contributed by atoms with Crippen LogP contribution in [0.2, 0.25) is 0 Å². The Hall–Kier alpha value is -3.70. The fourth-order valence-corrected chi connectivity index (χ4v) is 4.63. The van der Waals surface area contributed by atoms with E-state index in [0.717, 1.165) is 25.0 Å². The molecule has 9 nitrogen and oxygen atoms in total. The molecule has 0 spiro atoms. The first kappa shape index (κ1) is 24.0. The molecule has 188 valence electrons. The zero-order valence-electron chi connectivity index (χ0n) is 20.3. The maximum Gasteiger partial charge on any atom is 0.229 e. The van der Waals surface area contributed by atoms with E-state index in [1.54, 1.807) is 18.3 Å². The van der Waals surface area contributed by atoms with E-state index in [-0.39, 0.29) is 35.8 Å². The number of rotatable bonds is 6. The smallest absolute Gasteiger partial charge is 0.229 e. The van der Waals surface area contributed by atoms with Crippen molar-refractivity contribution < 1.29 is 13.9 Å². The molecule has 1 fully saturated rings. The molecule has 1 aromatic carbocycles. The molecule has 3 aromatic heterocycles. The zero-order valence-corrected chi connectivity index (χ0v) is 20.3. The molecule has 3 N–H and O–H groups in total. The van der Waals surface area contributed by atoms with Gasteiger partial charge in [0.1, 0.15) is 22.9 Å². The Balaban J connectivity index is 1.41. The van der Waals surface area contributed by atoms with Crippen molar-refractivity contribution >= 4 is 28.5 Å². The molecule has 0 bridgehead atoms. The normalized spacial score (nSPS) is 16.2. The van der Waals surface area contributed by atoms with Gasteiger partial charge in [0, 0.05) is 37.3 Å². The van der Waals surface area contributed by atoms with Gasteiger partial charge in [-0.05, 0) is 45.0 Å². The summed E-state index contributed by atoms with van der Waals surface area (Å²) in [6.45, 7) is 8.13. The maximum atomic E-state index is 14.9. The van der Waals surface area contributed by atoms with E-state index in [1.165, 1.54) is 6.07 Å². The summed E-state index contributed by atoms with van der Waals surface area (Å²) in [5.41, 5.74) is 2.04. The minimum absolute atomic E-state index is 0.0186. The molecule has 11 heteroatoms. The number of piperazine rings is 1. The first-order valence-corrected chi connectivity index (χ1v) is 11.9. The molecule has 5 rings (SSSR count). The van der Waals surface area contributed by atoms with E-state index < -0.39 is 11.6 Å². The van der Waals surface area contributed by atoms with Gasteiger partial charge in [-0.25, -0.2) is 28.7 Å². The van der Waals surface area contributed by atoms with Crippen LogP contribution in [-0.4, -0.2) is 61.9 Å². The van der Waals surface area contributed by atoms with Crippen LogP contribution in [0, 0.1) is 18.6 Å². The number of anilines is 3. The number of aliphatic hydroxyl groups excluding tert-OH is 1. The summed E-state index contributed by atoms with van der Waals surface area (Å²) in [7, 11) is 0. The van der Waals surface area contributed by atoms with Gasteiger partial charge in [0.15, 0.2) is 11.6 Å². The van der Waals surface area contributed by atoms with Crippen LogP contribution in [-0.2, 0) is 0 Å². The average Bonchev–Trinajstić information content (AvgIpc) is 3.22. The minimum Gasteiger partial charge on any atom is -0.395 e. The first-order chi connectivity index (χ1) is 17.3. The Labute approximate surface area is 207 Å². The summed E-state index contributed by atoms with van der Waals surface area (Å²) in [5, 5.41) is 15.7. The minimum atomic E-state index is -0.660. The number of aromatic nitrogens is 5. The lowest BCUT2D eigenvalue weighted by Crippen LogP contribution is -2.52. The van der Waals surface area contributed by atoms with Crippen LogP contribution in [0.4, 0.5) is 26.2 Å². The summed E-state index contributed by atoms with van der Waals surface area (Å²) in [6, 6.07) is 6.73. The van der Waals surface area contributed by atoms with E-state index in [0.29, 0.717) is 29.3 Å². The monoisotopic (exact) mass is 494 g/mol. The molecule has 36 heavy (non-hydrogen) atoms. The predicted molar refractivity (Wildman–Crippen MR) is 134 cm³/mol. The van der Waals surface area contributed by atoms with Crippen LogP contribution in [0.3, 0.4) is 0 Å². The Kier molecular flexibility index (Phi) is 6.50. The number of hydrogen-bond donors (Lipinski definition) is 3. The topological polar surface area (TPSA) is 104 Å². The van der Waals surface area contributed by atoms with Crippen molar-refractivity contribution in [2.45, 2.75) is 32.9 Å². The molecular formula is C25H28F2N8O. The molecule has 0 unspecified atom stereocenters. The third-order valence-electron chi connectivity index (χ3n) is 6.29. The Morgan fingerprint density at radius 3 is 2.69 bits per heavy atom. The van der Waals surface area contributed by atoms with Crippen LogP contribution in [0.25, 0.3) is 22.3 Å². The molecule has 0 aliphatic carbocycles. The van der Waals surface area contributed by atoms with Crippen molar-refractivity contribution in [2.24, 2.45) is 0 Å². The second-order valence-electron chi connectivity index (χ2n) is 9.14. The molecule has 4 heterocycles. The number of fused-ring (bicyclic) bond motifs is 1. The van der Waals surface area contributed by atoms with E-state index >= 15 is 0 Å². The van der Waals surface area contributed by atoms with Gasteiger partial charge < -0.3 is 25.2 Å². The zero-order chi connectivity index (χ0) is 25.4. The molecule has 0 saturated carbocycles. The number of nitrogens with zero attached hydrogens (tertiary/aromatic N) is 6. The molecule has 0 amide bonds. The van der Waals surface area contributed by atoms with E-state index in [1.807, 2.05) is 31.4 Å². The second kappa shape index (κ2) is 9.75. The molecule has 1 atom stereocenters. The van der Waals surface area contributed by atoms with Gasteiger partial charge >= 0.3 is 0 Å². The Bertz CT molecular complexity index is 1390. The maximum absolute atomic E-state index is 14.9. The molecular weight excluding hydrogens is 466 g/mol. The molecule has 4 aromatic rings.